The monoisotopic (exact) mass is 293 g/mol. The van der Waals surface area contributed by atoms with Gasteiger partial charge >= 0.3 is 0 Å². The van der Waals surface area contributed by atoms with Crippen LogP contribution in [0.2, 0.25) is 0 Å². The van der Waals surface area contributed by atoms with Crippen LogP contribution in [-0.4, -0.2) is 48.1 Å². The number of guanidine groups is 1. The lowest BCUT2D eigenvalue weighted by atomic mass is 10.3. The van der Waals surface area contributed by atoms with Crippen LogP contribution in [0.15, 0.2) is 15.6 Å². The van der Waals surface area contributed by atoms with Crippen molar-refractivity contribution in [3.63, 3.8) is 0 Å². The second-order valence-electron chi connectivity index (χ2n) is 5.18. The zero-order valence-electron chi connectivity index (χ0n) is 12.8. The van der Waals surface area contributed by atoms with Crippen LogP contribution in [0.4, 0.5) is 0 Å². The van der Waals surface area contributed by atoms with Crippen molar-refractivity contribution in [2.24, 2.45) is 4.99 Å². The molecule has 0 radical (unpaired) electrons. The first kappa shape index (κ1) is 15.3. The van der Waals surface area contributed by atoms with Crippen LogP contribution in [0, 0.1) is 6.92 Å². The van der Waals surface area contributed by atoms with Crippen molar-refractivity contribution in [3.05, 3.63) is 17.5 Å². The number of carbonyl (C=O) groups is 1. The summed E-state index contributed by atoms with van der Waals surface area (Å²) >= 11 is 0. The van der Waals surface area contributed by atoms with Crippen molar-refractivity contribution in [1.82, 2.24) is 20.7 Å². The lowest BCUT2D eigenvalue weighted by molar-refractivity contribution is -0.129. The Hall–Kier alpha value is -2.05. The number of carbonyl (C=O) groups excluding carboxylic acids is 1. The lowest BCUT2D eigenvalue weighted by Crippen LogP contribution is -2.44. The van der Waals surface area contributed by atoms with Crippen molar-refractivity contribution in [3.8, 4) is 0 Å². The topological polar surface area (TPSA) is 82.8 Å². The Morgan fingerprint density at radius 3 is 3.05 bits per heavy atom. The molecule has 1 aliphatic rings. The van der Waals surface area contributed by atoms with Crippen LogP contribution in [0.5, 0.6) is 0 Å². The molecule has 1 aromatic rings. The number of hydrogen-bond acceptors (Lipinski definition) is 4. The van der Waals surface area contributed by atoms with E-state index in [1.807, 2.05) is 24.8 Å². The smallest absolute Gasteiger partial charge is 0.222 e. The van der Waals surface area contributed by atoms with Crippen molar-refractivity contribution in [2.75, 3.05) is 20.1 Å². The van der Waals surface area contributed by atoms with Crippen molar-refractivity contribution in [2.45, 2.75) is 39.3 Å². The van der Waals surface area contributed by atoms with E-state index < -0.39 is 0 Å². The molecule has 1 fully saturated rings. The van der Waals surface area contributed by atoms with Crippen molar-refractivity contribution >= 4 is 11.9 Å². The zero-order valence-corrected chi connectivity index (χ0v) is 12.8. The van der Waals surface area contributed by atoms with Gasteiger partial charge in [-0.3, -0.25) is 9.79 Å². The highest BCUT2D eigenvalue weighted by molar-refractivity contribution is 5.80. The maximum Gasteiger partial charge on any atom is 0.222 e. The summed E-state index contributed by atoms with van der Waals surface area (Å²) in [5.74, 6) is 1.68. The van der Waals surface area contributed by atoms with Gasteiger partial charge in [-0.25, -0.2) is 0 Å². The predicted octanol–water partition coefficient (Wildman–Crippen LogP) is 0.659. The van der Waals surface area contributed by atoms with Crippen LogP contribution in [0.3, 0.4) is 0 Å². The second-order valence-corrected chi connectivity index (χ2v) is 5.18. The molecule has 0 aliphatic carbocycles. The van der Waals surface area contributed by atoms with Gasteiger partial charge < -0.3 is 20.1 Å². The molecule has 1 saturated heterocycles. The fourth-order valence-corrected chi connectivity index (χ4v) is 2.39. The summed E-state index contributed by atoms with van der Waals surface area (Å²) in [6.45, 7) is 5.85. The number of nitrogens with zero attached hydrogens (tertiary/aromatic N) is 3. The first-order valence-corrected chi connectivity index (χ1v) is 7.29. The van der Waals surface area contributed by atoms with E-state index in [1.165, 1.54) is 0 Å². The molecular formula is C14H23N5O2. The number of hydrogen-bond donors (Lipinski definition) is 2. The number of aryl methyl sites for hydroxylation is 1. The van der Waals surface area contributed by atoms with Gasteiger partial charge in [0.15, 0.2) is 11.7 Å². The molecular weight excluding hydrogens is 270 g/mol. The Labute approximate surface area is 124 Å². The molecule has 0 aromatic carbocycles. The quantitative estimate of drug-likeness (QED) is 0.629. The minimum Gasteiger partial charge on any atom is -0.359 e. The largest absolute Gasteiger partial charge is 0.359 e. The number of aromatic nitrogens is 1. The van der Waals surface area contributed by atoms with Gasteiger partial charge in [0.05, 0.1) is 12.2 Å². The number of rotatable bonds is 4. The first-order valence-electron chi connectivity index (χ1n) is 7.29. The van der Waals surface area contributed by atoms with Crippen LogP contribution >= 0.6 is 0 Å². The van der Waals surface area contributed by atoms with Crippen LogP contribution in [0.25, 0.3) is 0 Å². The molecule has 1 atom stereocenters. The highest BCUT2D eigenvalue weighted by Gasteiger charge is 2.25. The number of amides is 1. The molecule has 0 saturated carbocycles. The summed E-state index contributed by atoms with van der Waals surface area (Å²) < 4.78 is 5.14. The Kier molecular flexibility index (Phi) is 5.19. The van der Waals surface area contributed by atoms with Gasteiger partial charge in [0.2, 0.25) is 5.91 Å². The highest BCUT2D eigenvalue weighted by atomic mass is 16.5. The molecule has 0 bridgehead atoms. The minimum atomic E-state index is 0.208. The molecule has 1 aliphatic heterocycles. The van der Waals surface area contributed by atoms with Crippen LogP contribution in [0.1, 0.15) is 31.2 Å². The Bertz CT molecular complexity index is 511. The number of nitrogens with one attached hydrogen (secondary N) is 2. The van der Waals surface area contributed by atoms with Gasteiger partial charge in [0.1, 0.15) is 0 Å². The zero-order chi connectivity index (χ0) is 15.2. The normalized spacial score (nSPS) is 18.9. The molecule has 2 heterocycles. The molecule has 1 unspecified atom stereocenters. The number of aliphatic imine (C=N–C) groups is 1. The van der Waals surface area contributed by atoms with Crippen molar-refractivity contribution < 1.29 is 9.32 Å². The summed E-state index contributed by atoms with van der Waals surface area (Å²) in [5, 5.41) is 10.4. The van der Waals surface area contributed by atoms with E-state index in [0.29, 0.717) is 18.9 Å². The van der Waals surface area contributed by atoms with E-state index in [1.54, 1.807) is 7.05 Å². The van der Waals surface area contributed by atoms with E-state index in [4.69, 9.17) is 4.52 Å². The third kappa shape index (κ3) is 4.21. The van der Waals surface area contributed by atoms with Gasteiger partial charge in [0.25, 0.3) is 0 Å². The highest BCUT2D eigenvalue weighted by Crippen LogP contribution is 2.10. The fourth-order valence-electron chi connectivity index (χ4n) is 2.39. The van der Waals surface area contributed by atoms with Gasteiger partial charge in [-0.15, -0.1) is 0 Å². The fraction of sp³-hybridized carbons (Fsp3) is 0.643. The molecule has 2 rings (SSSR count). The van der Waals surface area contributed by atoms with Crippen LogP contribution in [-0.2, 0) is 11.3 Å². The van der Waals surface area contributed by atoms with Gasteiger partial charge in [-0.1, -0.05) is 12.1 Å². The molecule has 116 valence electrons. The summed E-state index contributed by atoms with van der Waals surface area (Å²) in [6.07, 6.45) is 1.50. The lowest BCUT2D eigenvalue weighted by Gasteiger charge is -2.18. The number of likely N-dealkylation sites (tertiary alicyclic amines) is 1. The summed E-state index contributed by atoms with van der Waals surface area (Å²) in [6, 6.07) is 2.13. The van der Waals surface area contributed by atoms with Crippen molar-refractivity contribution in [1.29, 1.82) is 0 Å². The predicted molar refractivity (Wildman–Crippen MR) is 79.9 cm³/mol. The molecule has 21 heavy (non-hydrogen) atoms. The van der Waals surface area contributed by atoms with E-state index in [0.717, 1.165) is 31.0 Å². The first-order chi connectivity index (χ1) is 10.1. The molecule has 1 aromatic heterocycles. The standard InChI is InChI=1S/C14H23N5O2/c1-4-13(20)19-6-5-11(9-19)17-14(15-3)16-8-12-7-10(2)18-21-12/h7,11H,4-6,8-9H2,1-3H3,(H2,15,16,17). The maximum atomic E-state index is 11.7. The Morgan fingerprint density at radius 1 is 1.62 bits per heavy atom. The van der Waals surface area contributed by atoms with E-state index in [2.05, 4.69) is 20.8 Å². The van der Waals surface area contributed by atoms with E-state index in [-0.39, 0.29) is 11.9 Å². The maximum absolute atomic E-state index is 11.7. The average Bonchev–Trinajstić information content (AvgIpc) is 3.11. The second kappa shape index (κ2) is 7.10. The minimum absolute atomic E-state index is 0.208. The van der Waals surface area contributed by atoms with Gasteiger partial charge in [0, 0.05) is 38.7 Å². The Balaban J connectivity index is 1.79. The third-order valence-corrected chi connectivity index (χ3v) is 3.51. The molecule has 2 N–H and O–H groups in total. The average molecular weight is 293 g/mol. The summed E-state index contributed by atoms with van der Waals surface area (Å²) in [4.78, 5) is 17.7. The third-order valence-electron chi connectivity index (χ3n) is 3.51. The van der Waals surface area contributed by atoms with E-state index in [9.17, 15) is 4.79 Å². The Morgan fingerprint density at radius 2 is 2.43 bits per heavy atom. The van der Waals surface area contributed by atoms with Gasteiger partial charge in [-0.2, -0.15) is 0 Å². The van der Waals surface area contributed by atoms with Crippen LogP contribution < -0.4 is 10.6 Å². The molecule has 1 amide bonds. The molecule has 7 nitrogen and oxygen atoms in total. The molecule has 0 spiro atoms. The van der Waals surface area contributed by atoms with Gasteiger partial charge in [-0.05, 0) is 13.3 Å². The SMILES string of the molecule is CCC(=O)N1CCC(NC(=NC)NCc2cc(C)no2)C1. The summed E-state index contributed by atoms with van der Waals surface area (Å²) in [5.41, 5.74) is 0.860. The van der Waals surface area contributed by atoms with E-state index >= 15 is 0 Å². The molecule has 7 heteroatoms. The summed E-state index contributed by atoms with van der Waals surface area (Å²) in [7, 11) is 1.73.